The molecule has 1 fully saturated rings. The van der Waals surface area contributed by atoms with Gasteiger partial charge in [0.1, 0.15) is 11.4 Å². The Kier molecular flexibility index (Phi) is 7.94. The van der Waals surface area contributed by atoms with E-state index in [4.69, 9.17) is 4.42 Å². The summed E-state index contributed by atoms with van der Waals surface area (Å²) in [6.07, 6.45) is 5.54. The molecule has 3 N–H and O–H groups in total. The van der Waals surface area contributed by atoms with Crippen molar-refractivity contribution in [3.8, 4) is 0 Å². The molecule has 1 aromatic carbocycles. The number of aliphatic hydroxyl groups is 1. The first-order valence-electron chi connectivity index (χ1n) is 11.1. The summed E-state index contributed by atoms with van der Waals surface area (Å²) < 4.78 is 5.34. The molecule has 3 rings (SSSR count). The van der Waals surface area contributed by atoms with Gasteiger partial charge in [-0.3, -0.25) is 4.90 Å². The van der Waals surface area contributed by atoms with Crippen molar-refractivity contribution < 1.29 is 9.52 Å². The van der Waals surface area contributed by atoms with E-state index < -0.39 is 5.60 Å². The highest BCUT2D eigenvalue weighted by Crippen LogP contribution is 2.20. The summed E-state index contributed by atoms with van der Waals surface area (Å²) in [6, 6.07) is 13.0. The molecular formula is C24H36N4O2. The summed E-state index contributed by atoms with van der Waals surface area (Å²) in [7, 11) is 0. The first kappa shape index (κ1) is 22.4. The largest absolute Gasteiger partial charge is 0.466 e. The summed E-state index contributed by atoms with van der Waals surface area (Å²) in [6.45, 7) is 9.95. The zero-order chi connectivity index (χ0) is 21.4. The van der Waals surface area contributed by atoms with Gasteiger partial charge >= 0.3 is 0 Å². The molecule has 0 radical (unpaired) electrons. The summed E-state index contributed by atoms with van der Waals surface area (Å²) in [5, 5.41) is 17.1. The van der Waals surface area contributed by atoms with E-state index in [1.165, 1.54) is 36.9 Å². The van der Waals surface area contributed by atoms with Crippen LogP contribution in [0.15, 0.2) is 52.1 Å². The van der Waals surface area contributed by atoms with Crippen molar-refractivity contribution in [3.63, 3.8) is 0 Å². The minimum Gasteiger partial charge on any atom is -0.466 e. The van der Waals surface area contributed by atoms with Gasteiger partial charge in [-0.05, 0) is 63.4 Å². The van der Waals surface area contributed by atoms with Crippen LogP contribution in [0.3, 0.4) is 0 Å². The van der Waals surface area contributed by atoms with E-state index in [1.54, 1.807) is 25.3 Å². The van der Waals surface area contributed by atoms with Gasteiger partial charge in [0.15, 0.2) is 5.96 Å². The second-order valence-electron chi connectivity index (χ2n) is 8.43. The predicted octanol–water partition coefficient (Wildman–Crippen LogP) is 3.62. The third kappa shape index (κ3) is 6.34. The number of rotatable bonds is 8. The minimum atomic E-state index is -1.10. The molecular weight excluding hydrogens is 376 g/mol. The van der Waals surface area contributed by atoms with Gasteiger partial charge in [0.05, 0.1) is 19.4 Å². The van der Waals surface area contributed by atoms with Crippen LogP contribution >= 0.6 is 0 Å². The Hall–Kier alpha value is -2.31. The van der Waals surface area contributed by atoms with Crippen molar-refractivity contribution in [1.29, 1.82) is 0 Å². The van der Waals surface area contributed by atoms with Crippen molar-refractivity contribution in [3.05, 3.63) is 59.5 Å². The smallest absolute Gasteiger partial charge is 0.191 e. The Labute approximate surface area is 180 Å². The van der Waals surface area contributed by atoms with E-state index in [0.29, 0.717) is 30.9 Å². The fourth-order valence-electron chi connectivity index (χ4n) is 3.82. The number of piperidine rings is 1. The highest BCUT2D eigenvalue weighted by molar-refractivity contribution is 5.79. The Morgan fingerprint density at radius 2 is 1.97 bits per heavy atom. The first-order valence-corrected chi connectivity index (χ1v) is 11.1. The highest BCUT2D eigenvalue weighted by atomic mass is 16.4. The topological polar surface area (TPSA) is 73.0 Å². The highest BCUT2D eigenvalue weighted by Gasteiger charge is 2.26. The fourth-order valence-corrected chi connectivity index (χ4v) is 3.82. The second-order valence-corrected chi connectivity index (χ2v) is 8.43. The average Bonchev–Trinajstić information content (AvgIpc) is 3.29. The monoisotopic (exact) mass is 412 g/mol. The summed E-state index contributed by atoms with van der Waals surface area (Å²) in [4.78, 5) is 7.25. The van der Waals surface area contributed by atoms with Crippen molar-refractivity contribution in [1.82, 2.24) is 15.5 Å². The van der Waals surface area contributed by atoms with Gasteiger partial charge in [-0.1, -0.05) is 30.7 Å². The number of hydrogen-bond donors (Lipinski definition) is 3. The van der Waals surface area contributed by atoms with Gasteiger partial charge in [0, 0.05) is 19.1 Å². The van der Waals surface area contributed by atoms with Crippen molar-refractivity contribution in [2.24, 2.45) is 4.99 Å². The number of aliphatic imine (C=N–C) groups is 1. The van der Waals surface area contributed by atoms with Gasteiger partial charge in [-0.2, -0.15) is 0 Å². The molecule has 0 spiro atoms. The van der Waals surface area contributed by atoms with E-state index in [-0.39, 0.29) is 0 Å². The summed E-state index contributed by atoms with van der Waals surface area (Å²) in [5.41, 5.74) is 1.42. The van der Waals surface area contributed by atoms with E-state index in [2.05, 4.69) is 51.7 Å². The van der Waals surface area contributed by atoms with Crippen LogP contribution in [-0.2, 0) is 18.7 Å². The average molecular weight is 413 g/mol. The maximum Gasteiger partial charge on any atom is 0.191 e. The number of nitrogens with one attached hydrogen (secondary N) is 2. The summed E-state index contributed by atoms with van der Waals surface area (Å²) in [5.74, 6) is 1.21. The van der Waals surface area contributed by atoms with E-state index in [9.17, 15) is 5.11 Å². The maximum absolute atomic E-state index is 10.6. The van der Waals surface area contributed by atoms with Crippen molar-refractivity contribution in [2.75, 3.05) is 19.6 Å². The SMILES string of the molecule is CCNC(=NCc1ccc(CN2CCCCC2C)cc1)NCC(C)(O)c1ccco1. The number of hydrogen-bond acceptors (Lipinski definition) is 4. The molecule has 0 bridgehead atoms. The molecule has 0 amide bonds. The number of benzene rings is 1. The Morgan fingerprint density at radius 1 is 1.20 bits per heavy atom. The fraction of sp³-hybridized carbons (Fsp3) is 0.542. The number of nitrogens with zero attached hydrogens (tertiary/aromatic N) is 2. The summed E-state index contributed by atoms with van der Waals surface area (Å²) >= 11 is 0. The van der Waals surface area contributed by atoms with Crippen LogP contribution in [0.1, 0.15) is 56.9 Å². The van der Waals surface area contributed by atoms with Crippen molar-refractivity contribution >= 4 is 5.96 Å². The van der Waals surface area contributed by atoms with E-state index in [0.717, 1.165) is 13.1 Å². The number of guanidine groups is 1. The Morgan fingerprint density at radius 3 is 2.63 bits per heavy atom. The van der Waals surface area contributed by atoms with E-state index >= 15 is 0 Å². The van der Waals surface area contributed by atoms with Crippen LogP contribution in [-0.4, -0.2) is 41.6 Å². The lowest BCUT2D eigenvalue weighted by molar-refractivity contribution is 0.0386. The number of likely N-dealkylation sites (tertiary alicyclic amines) is 1. The normalized spacial score (nSPS) is 20.0. The molecule has 2 aromatic rings. The van der Waals surface area contributed by atoms with E-state index in [1.807, 2.05) is 6.92 Å². The molecule has 1 aromatic heterocycles. The number of furan rings is 1. The lowest BCUT2D eigenvalue weighted by Crippen LogP contribution is -2.44. The van der Waals surface area contributed by atoms with Crippen LogP contribution in [0.5, 0.6) is 0 Å². The molecule has 2 atom stereocenters. The molecule has 1 aliphatic heterocycles. The van der Waals surface area contributed by atoms with Crippen LogP contribution in [0, 0.1) is 0 Å². The minimum absolute atomic E-state index is 0.305. The van der Waals surface area contributed by atoms with Crippen LogP contribution < -0.4 is 10.6 Å². The molecule has 6 heteroatoms. The van der Waals surface area contributed by atoms with Crippen molar-refractivity contribution in [2.45, 2.75) is 64.8 Å². The van der Waals surface area contributed by atoms with Gasteiger partial charge in [-0.25, -0.2) is 4.99 Å². The molecule has 1 aliphatic rings. The predicted molar refractivity (Wildman–Crippen MR) is 121 cm³/mol. The molecule has 2 unspecified atom stereocenters. The third-order valence-electron chi connectivity index (χ3n) is 5.77. The van der Waals surface area contributed by atoms with Gasteiger partial charge in [-0.15, -0.1) is 0 Å². The maximum atomic E-state index is 10.6. The quantitative estimate of drug-likeness (QED) is 0.456. The lowest BCUT2D eigenvalue weighted by atomic mass is 10.0. The van der Waals surface area contributed by atoms with Gasteiger partial charge in [0.25, 0.3) is 0 Å². The third-order valence-corrected chi connectivity index (χ3v) is 5.77. The Balaban J connectivity index is 1.55. The zero-order valence-electron chi connectivity index (χ0n) is 18.5. The van der Waals surface area contributed by atoms with Gasteiger partial charge in [0.2, 0.25) is 0 Å². The molecule has 2 heterocycles. The lowest BCUT2D eigenvalue weighted by Gasteiger charge is -2.33. The Bertz CT molecular complexity index is 784. The molecule has 6 nitrogen and oxygen atoms in total. The second kappa shape index (κ2) is 10.6. The standard InChI is InChI=1S/C24H36N4O2/c1-4-25-23(27-18-24(3,29)22-9-7-15-30-22)26-16-20-10-12-21(13-11-20)17-28-14-6-5-8-19(28)2/h7,9-13,15,19,29H,4-6,8,14,16-18H2,1-3H3,(H2,25,26,27). The van der Waals surface area contributed by atoms with Crippen LogP contribution in [0.25, 0.3) is 0 Å². The molecule has 1 saturated heterocycles. The van der Waals surface area contributed by atoms with Crippen LogP contribution in [0.2, 0.25) is 0 Å². The zero-order valence-corrected chi connectivity index (χ0v) is 18.5. The molecule has 0 saturated carbocycles. The van der Waals surface area contributed by atoms with Gasteiger partial charge < -0.3 is 20.2 Å². The molecule has 30 heavy (non-hydrogen) atoms. The first-order chi connectivity index (χ1) is 14.5. The van der Waals surface area contributed by atoms with Crippen LogP contribution in [0.4, 0.5) is 0 Å². The molecule has 0 aliphatic carbocycles. The molecule has 164 valence electrons.